The Balaban J connectivity index is 2.44. The number of benzene rings is 1. The van der Waals surface area contributed by atoms with Gasteiger partial charge in [0.25, 0.3) is 0 Å². The number of hydrogen-bond acceptors (Lipinski definition) is 3. The van der Waals surface area contributed by atoms with E-state index in [1.807, 2.05) is 6.07 Å². The van der Waals surface area contributed by atoms with Gasteiger partial charge in [-0.05, 0) is 24.3 Å². The molecule has 1 aromatic heterocycles. The van der Waals surface area contributed by atoms with Gasteiger partial charge in [0, 0.05) is 17.1 Å². The van der Waals surface area contributed by atoms with Crippen LogP contribution in [0.4, 0.5) is 0 Å². The van der Waals surface area contributed by atoms with Crippen molar-refractivity contribution >= 4 is 21.0 Å². The molecule has 0 aliphatic rings. The molecule has 0 saturated heterocycles. The largest absolute Gasteiger partial charge is 0.383 e. The van der Waals surface area contributed by atoms with Crippen LogP contribution in [0.2, 0.25) is 0 Å². The molecule has 0 radical (unpaired) electrons. The van der Waals surface area contributed by atoms with Gasteiger partial charge in [-0.15, -0.1) is 0 Å². The lowest BCUT2D eigenvalue weighted by Gasteiger charge is -2.01. The first-order valence-electron chi connectivity index (χ1n) is 4.01. The molecule has 2 rings (SSSR count). The third kappa shape index (κ3) is 1.88. The second-order valence-electron chi connectivity index (χ2n) is 3.01. The van der Waals surface area contributed by atoms with E-state index in [1.54, 1.807) is 24.4 Å². The Labute approximate surface area is 81.6 Å². The number of H-pyrrole nitrogens is 1. The van der Waals surface area contributed by atoms with E-state index in [0.717, 1.165) is 17.2 Å². The van der Waals surface area contributed by atoms with Crippen molar-refractivity contribution in [3.8, 4) is 5.75 Å². The number of aromatic nitrogens is 1. The van der Waals surface area contributed by atoms with Gasteiger partial charge in [-0.25, -0.2) is 0 Å². The molecule has 0 atom stereocenters. The average molecular weight is 211 g/mol. The summed E-state index contributed by atoms with van der Waals surface area (Å²) in [6.07, 6.45) is 2.81. The van der Waals surface area contributed by atoms with Crippen molar-refractivity contribution in [1.29, 1.82) is 0 Å². The first kappa shape index (κ1) is 9.08. The summed E-state index contributed by atoms with van der Waals surface area (Å²) in [6.45, 7) is 0. The standard InChI is InChI=1S/C9H9NO3S/c1-14(11,12)13-8-2-3-9-7(6-8)4-5-10-9/h2-6,10H,1H3. The van der Waals surface area contributed by atoms with Crippen molar-refractivity contribution < 1.29 is 12.6 Å². The Morgan fingerprint density at radius 2 is 2.07 bits per heavy atom. The molecule has 2 aromatic rings. The van der Waals surface area contributed by atoms with Crippen LogP contribution >= 0.6 is 0 Å². The fourth-order valence-corrected chi connectivity index (χ4v) is 1.71. The van der Waals surface area contributed by atoms with Crippen LogP contribution in [0.25, 0.3) is 10.9 Å². The second-order valence-corrected chi connectivity index (χ2v) is 4.59. The highest BCUT2D eigenvalue weighted by atomic mass is 32.2. The van der Waals surface area contributed by atoms with Crippen LogP contribution in [0, 0.1) is 0 Å². The minimum Gasteiger partial charge on any atom is -0.383 e. The molecule has 0 amide bonds. The highest BCUT2D eigenvalue weighted by Gasteiger charge is 2.04. The molecule has 0 aliphatic carbocycles. The van der Waals surface area contributed by atoms with Crippen LogP contribution in [0.5, 0.6) is 5.75 Å². The van der Waals surface area contributed by atoms with E-state index >= 15 is 0 Å². The van der Waals surface area contributed by atoms with Crippen LogP contribution in [0.15, 0.2) is 30.5 Å². The lowest BCUT2D eigenvalue weighted by Crippen LogP contribution is -2.05. The molecule has 0 aliphatic heterocycles. The van der Waals surface area contributed by atoms with Crippen molar-refractivity contribution in [2.75, 3.05) is 6.26 Å². The molecular weight excluding hydrogens is 202 g/mol. The number of aromatic amines is 1. The highest BCUT2D eigenvalue weighted by Crippen LogP contribution is 2.20. The Morgan fingerprint density at radius 1 is 1.29 bits per heavy atom. The summed E-state index contributed by atoms with van der Waals surface area (Å²) < 4.78 is 26.4. The van der Waals surface area contributed by atoms with E-state index in [9.17, 15) is 8.42 Å². The van der Waals surface area contributed by atoms with Gasteiger partial charge in [0.05, 0.1) is 6.26 Å². The first-order valence-corrected chi connectivity index (χ1v) is 5.83. The molecule has 0 unspecified atom stereocenters. The summed E-state index contributed by atoms with van der Waals surface area (Å²) in [5.41, 5.74) is 0.950. The zero-order chi connectivity index (χ0) is 10.2. The van der Waals surface area contributed by atoms with Crippen LogP contribution in [-0.4, -0.2) is 19.7 Å². The van der Waals surface area contributed by atoms with Gasteiger partial charge in [0.15, 0.2) is 0 Å². The lowest BCUT2D eigenvalue weighted by molar-refractivity contribution is 0.493. The second kappa shape index (κ2) is 3.02. The molecule has 1 heterocycles. The molecule has 0 spiro atoms. The fourth-order valence-electron chi connectivity index (χ4n) is 1.26. The Hall–Kier alpha value is -1.49. The first-order chi connectivity index (χ1) is 6.54. The summed E-state index contributed by atoms with van der Waals surface area (Å²) >= 11 is 0. The zero-order valence-electron chi connectivity index (χ0n) is 7.52. The summed E-state index contributed by atoms with van der Waals surface area (Å²) in [6, 6.07) is 6.91. The summed E-state index contributed by atoms with van der Waals surface area (Å²) in [4.78, 5) is 3.00. The summed E-state index contributed by atoms with van der Waals surface area (Å²) in [5.74, 6) is 0.333. The van der Waals surface area contributed by atoms with E-state index in [2.05, 4.69) is 4.98 Å². The normalized spacial score (nSPS) is 11.8. The van der Waals surface area contributed by atoms with E-state index in [-0.39, 0.29) is 0 Å². The molecule has 0 bridgehead atoms. The van der Waals surface area contributed by atoms with Gasteiger partial charge in [-0.1, -0.05) is 0 Å². The summed E-state index contributed by atoms with van der Waals surface area (Å²) in [5, 5.41) is 0.922. The Kier molecular flexibility index (Phi) is 1.96. The van der Waals surface area contributed by atoms with Gasteiger partial charge in [0.2, 0.25) is 0 Å². The fraction of sp³-hybridized carbons (Fsp3) is 0.111. The lowest BCUT2D eigenvalue weighted by atomic mass is 10.2. The SMILES string of the molecule is CS(=O)(=O)Oc1ccc2[nH]ccc2c1. The monoisotopic (exact) mass is 211 g/mol. The van der Waals surface area contributed by atoms with E-state index in [4.69, 9.17) is 4.18 Å². The van der Waals surface area contributed by atoms with E-state index in [0.29, 0.717) is 5.75 Å². The third-order valence-electron chi connectivity index (χ3n) is 1.77. The maximum atomic E-state index is 10.8. The van der Waals surface area contributed by atoms with Crippen LogP contribution in [0.3, 0.4) is 0 Å². The number of nitrogens with one attached hydrogen (secondary N) is 1. The maximum Gasteiger partial charge on any atom is 0.306 e. The van der Waals surface area contributed by atoms with Crippen LogP contribution < -0.4 is 4.18 Å². The Bertz CT molecular complexity index is 556. The van der Waals surface area contributed by atoms with Crippen molar-refractivity contribution in [2.24, 2.45) is 0 Å². The summed E-state index contributed by atoms with van der Waals surface area (Å²) in [7, 11) is -3.44. The molecule has 1 aromatic carbocycles. The van der Waals surface area contributed by atoms with Gasteiger partial charge in [0.1, 0.15) is 5.75 Å². The van der Waals surface area contributed by atoms with Gasteiger partial charge >= 0.3 is 10.1 Å². The number of hydrogen-bond donors (Lipinski definition) is 1. The predicted octanol–water partition coefficient (Wildman–Crippen LogP) is 1.51. The van der Waals surface area contributed by atoms with Crippen molar-refractivity contribution in [1.82, 2.24) is 4.98 Å². The molecule has 4 nitrogen and oxygen atoms in total. The molecule has 14 heavy (non-hydrogen) atoms. The topological polar surface area (TPSA) is 59.2 Å². The van der Waals surface area contributed by atoms with E-state index in [1.165, 1.54) is 0 Å². The van der Waals surface area contributed by atoms with E-state index < -0.39 is 10.1 Å². The molecule has 5 heteroatoms. The predicted molar refractivity (Wildman–Crippen MR) is 53.8 cm³/mol. The number of fused-ring (bicyclic) bond motifs is 1. The quantitative estimate of drug-likeness (QED) is 0.766. The van der Waals surface area contributed by atoms with Gasteiger partial charge in [-0.3, -0.25) is 0 Å². The van der Waals surface area contributed by atoms with Crippen molar-refractivity contribution in [2.45, 2.75) is 0 Å². The van der Waals surface area contributed by atoms with Gasteiger partial charge in [-0.2, -0.15) is 8.42 Å². The Morgan fingerprint density at radius 3 is 2.79 bits per heavy atom. The van der Waals surface area contributed by atoms with Crippen molar-refractivity contribution in [3.05, 3.63) is 30.5 Å². The molecule has 0 fully saturated rings. The van der Waals surface area contributed by atoms with Crippen molar-refractivity contribution in [3.63, 3.8) is 0 Å². The van der Waals surface area contributed by atoms with Crippen LogP contribution in [0.1, 0.15) is 0 Å². The minimum atomic E-state index is -3.44. The molecule has 0 saturated carbocycles. The molecular formula is C9H9NO3S. The van der Waals surface area contributed by atoms with Crippen LogP contribution in [-0.2, 0) is 10.1 Å². The molecule has 1 N–H and O–H groups in total. The third-order valence-corrected chi connectivity index (χ3v) is 2.27. The smallest absolute Gasteiger partial charge is 0.306 e. The number of rotatable bonds is 2. The zero-order valence-corrected chi connectivity index (χ0v) is 8.34. The minimum absolute atomic E-state index is 0.333. The maximum absolute atomic E-state index is 10.8. The molecule has 74 valence electrons. The van der Waals surface area contributed by atoms with Gasteiger partial charge < -0.3 is 9.17 Å². The average Bonchev–Trinajstić information content (AvgIpc) is 2.47. The highest BCUT2D eigenvalue weighted by molar-refractivity contribution is 7.86.